The Balaban J connectivity index is 1.98. The van der Waals surface area contributed by atoms with Crippen LogP contribution in [0.3, 0.4) is 0 Å². The second-order valence-electron chi connectivity index (χ2n) is 7.26. The summed E-state index contributed by atoms with van der Waals surface area (Å²) in [7, 11) is 3.20. The number of Topliss-reactive ketones (excluding diaryl/α,β-unsaturated/α-hetero) is 1. The third-order valence-corrected chi connectivity index (χ3v) is 5.72. The van der Waals surface area contributed by atoms with Gasteiger partial charge in [-0.1, -0.05) is 40.9 Å². The van der Waals surface area contributed by atoms with Crippen molar-refractivity contribution in [3.05, 3.63) is 86.9 Å². The molecule has 0 atom stereocenters. The number of hydrogen-bond acceptors (Lipinski definition) is 5. The van der Waals surface area contributed by atoms with Gasteiger partial charge < -0.3 is 9.80 Å². The molecule has 3 aromatic rings. The van der Waals surface area contributed by atoms with Crippen molar-refractivity contribution in [2.75, 3.05) is 19.0 Å². The van der Waals surface area contributed by atoms with Crippen LogP contribution in [-0.2, 0) is 11.3 Å². The van der Waals surface area contributed by atoms with Crippen LogP contribution in [0.4, 0.5) is 5.69 Å². The van der Waals surface area contributed by atoms with Crippen molar-refractivity contribution in [1.82, 2.24) is 14.9 Å². The van der Waals surface area contributed by atoms with E-state index in [-0.39, 0.29) is 28.9 Å². The first-order chi connectivity index (χ1) is 15.7. The van der Waals surface area contributed by atoms with Gasteiger partial charge in [-0.05, 0) is 42.0 Å². The summed E-state index contributed by atoms with van der Waals surface area (Å²) in [6, 6.07) is 11.2. The van der Waals surface area contributed by atoms with Gasteiger partial charge in [0.15, 0.2) is 5.82 Å². The summed E-state index contributed by atoms with van der Waals surface area (Å²) in [5.41, 5.74) is 1.29. The molecule has 1 aromatic heterocycles. The van der Waals surface area contributed by atoms with Gasteiger partial charge in [0.2, 0.25) is 11.7 Å². The number of nitrogens with zero attached hydrogens (tertiary/aromatic N) is 4. The van der Waals surface area contributed by atoms with Crippen molar-refractivity contribution in [2.45, 2.75) is 13.0 Å². The lowest BCUT2D eigenvalue weighted by atomic mass is 10.1. The van der Waals surface area contributed by atoms with Crippen LogP contribution in [0, 0.1) is 0 Å². The average molecular weight is 506 g/mol. The molecule has 0 aliphatic heterocycles. The zero-order valence-electron chi connectivity index (χ0n) is 17.8. The van der Waals surface area contributed by atoms with Crippen molar-refractivity contribution in [1.29, 1.82) is 0 Å². The van der Waals surface area contributed by atoms with E-state index in [2.05, 4.69) is 9.97 Å². The lowest BCUT2D eigenvalue weighted by molar-refractivity contribution is -0.117. The van der Waals surface area contributed by atoms with E-state index in [0.717, 1.165) is 0 Å². The van der Waals surface area contributed by atoms with Crippen LogP contribution in [0.25, 0.3) is 0 Å². The molecule has 0 radical (unpaired) electrons. The van der Waals surface area contributed by atoms with Crippen LogP contribution in [-0.4, -0.2) is 46.6 Å². The Morgan fingerprint density at radius 1 is 0.879 bits per heavy atom. The van der Waals surface area contributed by atoms with Crippen molar-refractivity contribution in [3.8, 4) is 0 Å². The number of amides is 2. The zero-order valence-corrected chi connectivity index (χ0v) is 20.0. The van der Waals surface area contributed by atoms with Gasteiger partial charge in [0.25, 0.3) is 5.91 Å². The Hall–Kier alpha value is -3.00. The summed E-state index contributed by atoms with van der Waals surface area (Å²) in [4.78, 5) is 48.9. The number of hydrogen-bond donors (Lipinski definition) is 0. The highest BCUT2D eigenvalue weighted by Crippen LogP contribution is 2.28. The van der Waals surface area contributed by atoms with Gasteiger partial charge in [0.1, 0.15) is 0 Å². The maximum Gasteiger partial charge on any atom is 0.254 e. The Morgan fingerprint density at radius 3 is 2.18 bits per heavy atom. The van der Waals surface area contributed by atoms with E-state index in [1.54, 1.807) is 44.4 Å². The highest BCUT2D eigenvalue weighted by molar-refractivity contribution is 6.42. The van der Waals surface area contributed by atoms with Crippen LogP contribution < -0.4 is 4.90 Å². The number of aromatic nitrogens is 2. The molecule has 33 heavy (non-hydrogen) atoms. The van der Waals surface area contributed by atoms with Crippen LogP contribution in [0.5, 0.6) is 0 Å². The van der Waals surface area contributed by atoms with Gasteiger partial charge in [-0.15, -0.1) is 0 Å². The predicted octanol–water partition coefficient (Wildman–Crippen LogP) is 4.94. The molecular weight excluding hydrogens is 487 g/mol. The Morgan fingerprint density at radius 2 is 1.55 bits per heavy atom. The SMILES string of the molecule is CN(C)C(=O)c1cc(N(Cc2ccc(Cl)c(Cl)c2)C(=O)CC(=O)c2ncccn2)ccc1Cl. The van der Waals surface area contributed by atoms with E-state index in [9.17, 15) is 14.4 Å². The Bertz CT molecular complexity index is 1200. The number of ketones is 1. The van der Waals surface area contributed by atoms with Crippen molar-refractivity contribution in [2.24, 2.45) is 0 Å². The maximum absolute atomic E-state index is 13.2. The van der Waals surface area contributed by atoms with Gasteiger partial charge in [0, 0.05) is 32.2 Å². The van der Waals surface area contributed by atoms with Crippen LogP contribution in [0.2, 0.25) is 15.1 Å². The van der Waals surface area contributed by atoms with Gasteiger partial charge >= 0.3 is 0 Å². The highest BCUT2D eigenvalue weighted by Gasteiger charge is 2.24. The fourth-order valence-corrected chi connectivity index (χ4v) is 3.50. The molecule has 0 saturated carbocycles. The van der Waals surface area contributed by atoms with Gasteiger partial charge in [-0.25, -0.2) is 9.97 Å². The van der Waals surface area contributed by atoms with E-state index in [1.807, 2.05) is 0 Å². The number of anilines is 1. The molecule has 0 aliphatic rings. The van der Waals surface area contributed by atoms with Crippen molar-refractivity contribution in [3.63, 3.8) is 0 Å². The second kappa shape index (κ2) is 10.7. The highest BCUT2D eigenvalue weighted by atomic mass is 35.5. The van der Waals surface area contributed by atoms with Gasteiger partial charge in [-0.3, -0.25) is 14.4 Å². The van der Waals surface area contributed by atoms with E-state index in [0.29, 0.717) is 21.3 Å². The average Bonchev–Trinajstić information content (AvgIpc) is 2.80. The van der Waals surface area contributed by atoms with E-state index in [1.165, 1.54) is 34.3 Å². The second-order valence-corrected chi connectivity index (χ2v) is 8.49. The third kappa shape index (κ3) is 6.07. The summed E-state index contributed by atoms with van der Waals surface area (Å²) in [5.74, 6) is -1.42. The minimum Gasteiger partial charge on any atom is -0.345 e. The lowest BCUT2D eigenvalue weighted by Gasteiger charge is -2.24. The number of halogens is 3. The summed E-state index contributed by atoms with van der Waals surface area (Å²) in [6.45, 7) is 0.0792. The topological polar surface area (TPSA) is 83.5 Å². The molecule has 0 aliphatic carbocycles. The molecule has 2 aromatic carbocycles. The monoisotopic (exact) mass is 504 g/mol. The number of carbonyl (C=O) groups is 3. The molecule has 0 unspecified atom stereocenters. The fraction of sp³-hybridized carbons (Fsp3) is 0.174. The smallest absolute Gasteiger partial charge is 0.254 e. The van der Waals surface area contributed by atoms with Crippen LogP contribution in [0.1, 0.15) is 33.0 Å². The third-order valence-electron chi connectivity index (χ3n) is 4.65. The molecule has 170 valence electrons. The molecular formula is C23H19Cl3N4O3. The minimum atomic E-state index is -0.529. The predicted molar refractivity (Wildman–Crippen MR) is 128 cm³/mol. The minimum absolute atomic E-state index is 0.0556. The number of carbonyl (C=O) groups excluding carboxylic acids is 3. The number of benzene rings is 2. The summed E-state index contributed by atoms with van der Waals surface area (Å²) in [6.07, 6.45) is 2.39. The Labute approximate surface area is 205 Å². The van der Waals surface area contributed by atoms with Crippen molar-refractivity contribution >= 4 is 58.1 Å². The molecule has 1 heterocycles. The molecule has 2 amide bonds. The molecule has 10 heteroatoms. The van der Waals surface area contributed by atoms with Crippen molar-refractivity contribution < 1.29 is 14.4 Å². The van der Waals surface area contributed by atoms with Gasteiger partial charge in [0.05, 0.1) is 33.6 Å². The summed E-state index contributed by atoms with van der Waals surface area (Å²) in [5, 5.41) is 0.947. The zero-order chi connectivity index (χ0) is 24.1. The normalized spacial score (nSPS) is 10.6. The largest absolute Gasteiger partial charge is 0.345 e. The first-order valence-electron chi connectivity index (χ1n) is 9.73. The lowest BCUT2D eigenvalue weighted by Crippen LogP contribution is -2.32. The van der Waals surface area contributed by atoms with Crippen LogP contribution in [0.15, 0.2) is 54.9 Å². The van der Waals surface area contributed by atoms with E-state index >= 15 is 0 Å². The Kier molecular flexibility index (Phi) is 8.02. The standard InChI is InChI=1S/C23H19Cl3N4O3/c1-29(2)23(33)16-11-15(5-7-17(16)24)30(13-14-4-6-18(25)19(26)10-14)21(32)12-20(31)22-27-8-3-9-28-22/h3-11H,12-13H2,1-2H3. The molecule has 7 nitrogen and oxygen atoms in total. The molecule has 0 N–H and O–H groups in total. The first kappa shape index (κ1) is 24.6. The van der Waals surface area contributed by atoms with Gasteiger partial charge in [-0.2, -0.15) is 0 Å². The molecule has 0 saturated heterocycles. The molecule has 3 rings (SSSR count). The summed E-state index contributed by atoms with van der Waals surface area (Å²) < 4.78 is 0. The molecule has 0 fully saturated rings. The fourth-order valence-electron chi connectivity index (χ4n) is 2.98. The molecule has 0 bridgehead atoms. The summed E-state index contributed by atoms with van der Waals surface area (Å²) >= 11 is 18.4. The van der Waals surface area contributed by atoms with E-state index in [4.69, 9.17) is 34.8 Å². The number of rotatable bonds is 7. The quantitative estimate of drug-likeness (QED) is 0.335. The first-order valence-corrected chi connectivity index (χ1v) is 10.9. The maximum atomic E-state index is 13.2. The van der Waals surface area contributed by atoms with Crippen LogP contribution >= 0.6 is 34.8 Å². The molecule has 0 spiro atoms. The van der Waals surface area contributed by atoms with E-state index < -0.39 is 18.1 Å².